The van der Waals surface area contributed by atoms with E-state index in [2.05, 4.69) is 12.2 Å². The highest BCUT2D eigenvalue weighted by molar-refractivity contribution is 4.97. The van der Waals surface area contributed by atoms with Gasteiger partial charge < -0.3 is 16.2 Å². The van der Waals surface area contributed by atoms with Crippen LogP contribution in [0.15, 0.2) is 0 Å². The van der Waals surface area contributed by atoms with E-state index in [4.69, 9.17) is 10.8 Å². The highest BCUT2D eigenvalue weighted by atomic mass is 16.3. The van der Waals surface area contributed by atoms with Gasteiger partial charge in [-0.25, -0.2) is 0 Å². The first-order valence-electron chi connectivity index (χ1n) is 5.85. The standard InChI is InChI=1S/C11H24N2O/c1-2-10-5-3-4-6-11(10,9-12)13-7-8-14/h10,13-14H,2-9,12H2,1H3. The van der Waals surface area contributed by atoms with Gasteiger partial charge in [-0.05, 0) is 18.8 Å². The van der Waals surface area contributed by atoms with E-state index in [0.717, 1.165) is 0 Å². The second kappa shape index (κ2) is 5.69. The predicted octanol–water partition coefficient (Wildman–Crippen LogP) is 0.866. The fraction of sp³-hybridized carbons (Fsp3) is 1.00. The lowest BCUT2D eigenvalue weighted by molar-refractivity contribution is 0.133. The molecule has 1 rings (SSSR count). The molecule has 3 nitrogen and oxygen atoms in total. The lowest BCUT2D eigenvalue weighted by Crippen LogP contribution is -2.58. The Labute approximate surface area is 87.1 Å². The van der Waals surface area contributed by atoms with Crippen LogP contribution in [0.25, 0.3) is 0 Å². The van der Waals surface area contributed by atoms with E-state index in [9.17, 15) is 0 Å². The fourth-order valence-corrected chi connectivity index (χ4v) is 2.78. The van der Waals surface area contributed by atoms with E-state index in [1.165, 1.54) is 32.1 Å². The number of hydrogen-bond donors (Lipinski definition) is 3. The number of β-amino-alcohol motifs (C(OH)–C–C–N with tert-alkyl or cyclic N) is 1. The van der Waals surface area contributed by atoms with Gasteiger partial charge in [0.15, 0.2) is 0 Å². The van der Waals surface area contributed by atoms with E-state index in [0.29, 0.717) is 19.0 Å². The van der Waals surface area contributed by atoms with Crippen molar-refractivity contribution in [3.8, 4) is 0 Å². The summed E-state index contributed by atoms with van der Waals surface area (Å²) >= 11 is 0. The lowest BCUT2D eigenvalue weighted by Gasteiger charge is -2.44. The maximum absolute atomic E-state index is 8.86. The van der Waals surface area contributed by atoms with Crippen LogP contribution in [0, 0.1) is 5.92 Å². The maximum Gasteiger partial charge on any atom is 0.0556 e. The Bertz CT molecular complexity index is 163. The minimum absolute atomic E-state index is 0.107. The molecular formula is C11H24N2O. The number of aliphatic hydroxyl groups excluding tert-OH is 1. The molecule has 0 aliphatic heterocycles. The van der Waals surface area contributed by atoms with Gasteiger partial charge in [0, 0.05) is 18.6 Å². The lowest BCUT2D eigenvalue weighted by atomic mass is 9.71. The molecule has 2 unspecified atom stereocenters. The highest BCUT2D eigenvalue weighted by Gasteiger charge is 2.37. The molecule has 0 spiro atoms. The van der Waals surface area contributed by atoms with Crippen molar-refractivity contribution in [1.82, 2.24) is 5.32 Å². The molecule has 0 aromatic rings. The average molecular weight is 200 g/mol. The molecule has 84 valence electrons. The van der Waals surface area contributed by atoms with Crippen molar-refractivity contribution in [2.45, 2.75) is 44.6 Å². The van der Waals surface area contributed by atoms with E-state index in [1.807, 2.05) is 0 Å². The third kappa shape index (κ3) is 2.47. The van der Waals surface area contributed by atoms with Gasteiger partial charge in [-0.1, -0.05) is 26.2 Å². The monoisotopic (exact) mass is 200 g/mol. The number of nitrogens with one attached hydrogen (secondary N) is 1. The molecule has 0 amide bonds. The normalized spacial score (nSPS) is 33.2. The third-order valence-corrected chi connectivity index (χ3v) is 3.65. The van der Waals surface area contributed by atoms with E-state index in [-0.39, 0.29) is 12.1 Å². The second-order valence-corrected chi connectivity index (χ2v) is 4.36. The van der Waals surface area contributed by atoms with E-state index in [1.54, 1.807) is 0 Å². The summed E-state index contributed by atoms with van der Waals surface area (Å²) in [6, 6.07) is 0. The summed E-state index contributed by atoms with van der Waals surface area (Å²) in [5, 5.41) is 12.3. The molecule has 2 atom stereocenters. The Balaban J connectivity index is 2.60. The van der Waals surface area contributed by atoms with Crippen molar-refractivity contribution < 1.29 is 5.11 Å². The van der Waals surface area contributed by atoms with Gasteiger partial charge in [0.05, 0.1) is 6.61 Å². The summed E-state index contributed by atoms with van der Waals surface area (Å²) in [7, 11) is 0. The van der Waals surface area contributed by atoms with Crippen LogP contribution in [0.5, 0.6) is 0 Å². The van der Waals surface area contributed by atoms with Gasteiger partial charge in [0.1, 0.15) is 0 Å². The summed E-state index contributed by atoms with van der Waals surface area (Å²) < 4.78 is 0. The molecule has 0 heterocycles. The summed E-state index contributed by atoms with van der Waals surface area (Å²) in [5.74, 6) is 0.688. The summed E-state index contributed by atoms with van der Waals surface area (Å²) in [6.07, 6.45) is 6.25. The largest absolute Gasteiger partial charge is 0.395 e. The molecule has 0 bridgehead atoms. The zero-order valence-corrected chi connectivity index (χ0v) is 9.26. The van der Waals surface area contributed by atoms with Gasteiger partial charge in [-0.15, -0.1) is 0 Å². The molecule has 14 heavy (non-hydrogen) atoms. The topological polar surface area (TPSA) is 58.3 Å². The molecule has 1 aliphatic rings. The first-order chi connectivity index (χ1) is 6.79. The Morgan fingerprint density at radius 2 is 2.29 bits per heavy atom. The quantitative estimate of drug-likeness (QED) is 0.617. The Kier molecular flexibility index (Phi) is 4.85. The van der Waals surface area contributed by atoms with Gasteiger partial charge in [0.2, 0.25) is 0 Å². The van der Waals surface area contributed by atoms with Crippen LogP contribution in [-0.2, 0) is 0 Å². The summed E-state index contributed by atoms with van der Waals surface area (Å²) in [5.41, 5.74) is 6.01. The van der Waals surface area contributed by atoms with Crippen LogP contribution < -0.4 is 11.1 Å². The minimum atomic E-state index is 0.107. The van der Waals surface area contributed by atoms with Crippen LogP contribution in [-0.4, -0.2) is 30.3 Å². The first-order valence-corrected chi connectivity index (χ1v) is 5.85. The molecule has 0 aromatic heterocycles. The summed E-state index contributed by atoms with van der Waals surface area (Å²) in [4.78, 5) is 0. The Morgan fingerprint density at radius 3 is 2.86 bits per heavy atom. The Hall–Kier alpha value is -0.120. The fourth-order valence-electron chi connectivity index (χ4n) is 2.78. The zero-order valence-electron chi connectivity index (χ0n) is 9.26. The first kappa shape index (κ1) is 12.0. The van der Waals surface area contributed by atoms with Gasteiger partial charge in [0.25, 0.3) is 0 Å². The smallest absolute Gasteiger partial charge is 0.0556 e. The van der Waals surface area contributed by atoms with Crippen molar-refractivity contribution in [2.75, 3.05) is 19.7 Å². The molecular weight excluding hydrogens is 176 g/mol. The van der Waals surface area contributed by atoms with E-state index < -0.39 is 0 Å². The SMILES string of the molecule is CCC1CCCCC1(CN)NCCO. The number of aliphatic hydroxyl groups is 1. The highest BCUT2D eigenvalue weighted by Crippen LogP contribution is 2.35. The molecule has 0 radical (unpaired) electrons. The minimum Gasteiger partial charge on any atom is -0.395 e. The van der Waals surface area contributed by atoms with Gasteiger partial charge in [-0.2, -0.15) is 0 Å². The van der Waals surface area contributed by atoms with Crippen molar-refractivity contribution in [3.63, 3.8) is 0 Å². The third-order valence-electron chi connectivity index (χ3n) is 3.65. The predicted molar refractivity (Wildman–Crippen MR) is 59.1 cm³/mol. The molecule has 3 heteroatoms. The maximum atomic E-state index is 8.86. The molecule has 0 saturated heterocycles. The van der Waals surface area contributed by atoms with Crippen molar-refractivity contribution >= 4 is 0 Å². The Morgan fingerprint density at radius 1 is 1.50 bits per heavy atom. The molecule has 0 aromatic carbocycles. The van der Waals surface area contributed by atoms with Crippen LogP contribution >= 0.6 is 0 Å². The molecule has 1 saturated carbocycles. The van der Waals surface area contributed by atoms with Crippen LogP contribution in [0.1, 0.15) is 39.0 Å². The number of rotatable bonds is 5. The van der Waals surface area contributed by atoms with Crippen molar-refractivity contribution in [1.29, 1.82) is 0 Å². The van der Waals surface area contributed by atoms with Gasteiger partial charge in [-0.3, -0.25) is 0 Å². The summed E-state index contributed by atoms with van der Waals surface area (Å²) in [6.45, 7) is 3.82. The van der Waals surface area contributed by atoms with E-state index >= 15 is 0 Å². The molecule has 4 N–H and O–H groups in total. The zero-order chi connectivity index (χ0) is 10.4. The van der Waals surface area contributed by atoms with Crippen molar-refractivity contribution in [3.05, 3.63) is 0 Å². The number of nitrogens with two attached hydrogens (primary N) is 1. The number of hydrogen-bond acceptors (Lipinski definition) is 3. The van der Waals surface area contributed by atoms with Crippen LogP contribution in [0.2, 0.25) is 0 Å². The van der Waals surface area contributed by atoms with Gasteiger partial charge >= 0.3 is 0 Å². The molecule has 1 fully saturated rings. The second-order valence-electron chi connectivity index (χ2n) is 4.36. The van der Waals surface area contributed by atoms with Crippen LogP contribution in [0.3, 0.4) is 0 Å². The van der Waals surface area contributed by atoms with Crippen LogP contribution in [0.4, 0.5) is 0 Å². The average Bonchev–Trinajstić information content (AvgIpc) is 2.26. The molecule has 1 aliphatic carbocycles. The van der Waals surface area contributed by atoms with Crippen molar-refractivity contribution in [2.24, 2.45) is 11.7 Å².